The SMILES string of the molecule is O=[N+]([O-])c1ccc(F)cc1O[C@@H]1COC[C@@H]1O. The highest BCUT2D eigenvalue weighted by atomic mass is 19.1. The lowest BCUT2D eigenvalue weighted by molar-refractivity contribution is -0.386. The molecule has 0 amide bonds. The van der Waals surface area contributed by atoms with Crippen LogP contribution in [0.15, 0.2) is 18.2 Å². The number of hydrogen-bond acceptors (Lipinski definition) is 5. The lowest BCUT2D eigenvalue weighted by Crippen LogP contribution is -2.30. The van der Waals surface area contributed by atoms with Crippen molar-refractivity contribution in [1.29, 1.82) is 0 Å². The number of aliphatic hydroxyl groups excluding tert-OH is 1. The van der Waals surface area contributed by atoms with E-state index in [2.05, 4.69) is 0 Å². The Hall–Kier alpha value is -1.73. The molecule has 1 aliphatic heterocycles. The summed E-state index contributed by atoms with van der Waals surface area (Å²) in [5.41, 5.74) is -0.342. The molecule has 17 heavy (non-hydrogen) atoms. The zero-order chi connectivity index (χ0) is 12.4. The number of hydrogen-bond donors (Lipinski definition) is 1. The molecule has 0 spiro atoms. The van der Waals surface area contributed by atoms with Crippen LogP contribution in [0.3, 0.4) is 0 Å². The molecule has 1 aromatic rings. The molecule has 2 rings (SSSR count). The highest BCUT2D eigenvalue weighted by Gasteiger charge is 2.30. The van der Waals surface area contributed by atoms with Gasteiger partial charge in [-0.2, -0.15) is 0 Å². The van der Waals surface area contributed by atoms with Crippen molar-refractivity contribution in [2.75, 3.05) is 13.2 Å². The third-order valence-corrected chi connectivity index (χ3v) is 2.40. The van der Waals surface area contributed by atoms with Crippen molar-refractivity contribution in [2.45, 2.75) is 12.2 Å². The Morgan fingerprint density at radius 3 is 2.88 bits per heavy atom. The summed E-state index contributed by atoms with van der Waals surface area (Å²) in [4.78, 5) is 10.0. The molecular weight excluding hydrogens is 233 g/mol. The van der Waals surface area contributed by atoms with Crippen LogP contribution in [0.5, 0.6) is 5.75 Å². The lowest BCUT2D eigenvalue weighted by Gasteiger charge is -2.15. The highest BCUT2D eigenvalue weighted by molar-refractivity contribution is 5.46. The fourth-order valence-corrected chi connectivity index (χ4v) is 1.53. The smallest absolute Gasteiger partial charge is 0.311 e. The van der Waals surface area contributed by atoms with Gasteiger partial charge in [0.05, 0.1) is 18.1 Å². The minimum absolute atomic E-state index is 0.105. The molecule has 7 heteroatoms. The summed E-state index contributed by atoms with van der Waals surface area (Å²) >= 11 is 0. The zero-order valence-corrected chi connectivity index (χ0v) is 8.71. The Balaban J connectivity index is 2.24. The van der Waals surface area contributed by atoms with Gasteiger partial charge in [-0.3, -0.25) is 10.1 Å². The van der Waals surface area contributed by atoms with Gasteiger partial charge in [0.2, 0.25) is 0 Å². The molecule has 0 saturated carbocycles. The van der Waals surface area contributed by atoms with Crippen LogP contribution in [0.4, 0.5) is 10.1 Å². The van der Waals surface area contributed by atoms with E-state index < -0.39 is 22.9 Å². The molecule has 1 heterocycles. The normalized spacial score (nSPS) is 23.6. The van der Waals surface area contributed by atoms with Crippen molar-refractivity contribution in [3.63, 3.8) is 0 Å². The Morgan fingerprint density at radius 1 is 1.53 bits per heavy atom. The maximum Gasteiger partial charge on any atom is 0.311 e. The molecule has 1 fully saturated rings. The lowest BCUT2D eigenvalue weighted by atomic mass is 10.2. The molecular formula is C10H10FNO5. The average molecular weight is 243 g/mol. The van der Waals surface area contributed by atoms with Crippen LogP contribution in [0.25, 0.3) is 0 Å². The predicted molar refractivity (Wildman–Crippen MR) is 54.3 cm³/mol. The first-order chi connectivity index (χ1) is 8.08. The van der Waals surface area contributed by atoms with E-state index in [1.165, 1.54) is 0 Å². The summed E-state index contributed by atoms with van der Waals surface area (Å²) in [6, 6.07) is 2.92. The molecule has 1 N–H and O–H groups in total. The van der Waals surface area contributed by atoms with Crippen LogP contribution in [0.1, 0.15) is 0 Å². The second kappa shape index (κ2) is 4.64. The van der Waals surface area contributed by atoms with Crippen LogP contribution >= 0.6 is 0 Å². The van der Waals surface area contributed by atoms with E-state index in [9.17, 15) is 19.6 Å². The molecule has 0 unspecified atom stereocenters. The molecule has 1 aliphatic rings. The van der Waals surface area contributed by atoms with Gasteiger partial charge in [0.1, 0.15) is 11.9 Å². The van der Waals surface area contributed by atoms with Crippen LogP contribution in [0.2, 0.25) is 0 Å². The van der Waals surface area contributed by atoms with Gasteiger partial charge < -0.3 is 14.6 Å². The summed E-state index contributed by atoms with van der Waals surface area (Å²) in [7, 11) is 0. The fraction of sp³-hybridized carbons (Fsp3) is 0.400. The summed E-state index contributed by atoms with van der Waals surface area (Å²) in [5.74, 6) is -0.844. The molecule has 1 aromatic carbocycles. The van der Waals surface area contributed by atoms with Gasteiger partial charge in [-0.25, -0.2) is 4.39 Å². The molecule has 1 saturated heterocycles. The zero-order valence-electron chi connectivity index (χ0n) is 8.71. The van der Waals surface area contributed by atoms with Gasteiger partial charge in [-0.15, -0.1) is 0 Å². The molecule has 6 nitrogen and oxygen atoms in total. The van der Waals surface area contributed by atoms with Gasteiger partial charge in [0, 0.05) is 12.1 Å². The van der Waals surface area contributed by atoms with Crippen molar-refractivity contribution < 1.29 is 23.9 Å². The number of nitro benzene ring substituents is 1. The van der Waals surface area contributed by atoms with Crippen LogP contribution in [0, 0.1) is 15.9 Å². The number of halogens is 1. The summed E-state index contributed by atoms with van der Waals surface area (Å²) in [6.45, 7) is 0.225. The Morgan fingerprint density at radius 2 is 2.29 bits per heavy atom. The Labute approximate surface area is 95.7 Å². The van der Waals surface area contributed by atoms with E-state index in [0.717, 1.165) is 18.2 Å². The molecule has 0 aromatic heterocycles. The second-order valence-electron chi connectivity index (χ2n) is 3.63. The van der Waals surface area contributed by atoms with E-state index in [1.54, 1.807) is 0 Å². The molecule has 92 valence electrons. The van der Waals surface area contributed by atoms with E-state index in [-0.39, 0.29) is 24.7 Å². The Bertz CT molecular complexity index is 439. The quantitative estimate of drug-likeness (QED) is 0.629. The molecule has 2 atom stereocenters. The van der Waals surface area contributed by atoms with Crippen molar-refractivity contribution in [2.24, 2.45) is 0 Å². The summed E-state index contributed by atoms with van der Waals surface area (Å²) in [5, 5.41) is 20.1. The van der Waals surface area contributed by atoms with Crippen LogP contribution in [-0.4, -0.2) is 35.5 Å². The van der Waals surface area contributed by atoms with Crippen LogP contribution < -0.4 is 4.74 Å². The third-order valence-electron chi connectivity index (χ3n) is 2.40. The number of rotatable bonds is 3. The van der Waals surface area contributed by atoms with Gasteiger partial charge in [0.15, 0.2) is 11.9 Å². The maximum absolute atomic E-state index is 13.0. The van der Waals surface area contributed by atoms with Gasteiger partial charge >= 0.3 is 5.69 Å². The first kappa shape index (κ1) is 11.7. The first-order valence-electron chi connectivity index (χ1n) is 4.94. The van der Waals surface area contributed by atoms with Crippen molar-refractivity contribution in [1.82, 2.24) is 0 Å². The average Bonchev–Trinajstić information content (AvgIpc) is 2.64. The van der Waals surface area contributed by atoms with Gasteiger partial charge in [0.25, 0.3) is 0 Å². The molecule has 0 aliphatic carbocycles. The molecule has 0 radical (unpaired) electrons. The number of benzene rings is 1. The topological polar surface area (TPSA) is 81.8 Å². The standard InChI is InChI=1S/C10H10FNO5/c11-6-1-2-7(12(14)15)9(3-6)17-10-5-16-4-8(10)13/h1-3,8,10,13H,4-5H2/t8-,10+/m0/s1. The minimum atomic E-state index is -0.863. The Kier molecular flexibility index (Phi) is 3.21. The number of nitro groups is 1. The fourth-order valence-electron chi connectivity index (χ4n) is 1.53. The molecule has 0 bridgehead atoms. The first-order valence-corrected chi connectivity index (χ1v) is 4.94. The van der Waals surface area contributed by atoms with Crippen molar-refractivity contribution >= 4 is 5.69 Å². The second-order valence-corrected chi connectivity index (χ2v) is 3.63. The minimum Gasteiger partial charge on any atom is -0.478 e. The van der Waals surface area contributed by atoms with E-state index in [0.29, 0.717) is 0 Å². The number of ether oxygens (including phenoxy) is 2. The summed E-state index contributed by atoms with van der Waals surface area (Å²) in [6.07, 6.45) is -1.58. The highest BCUT2D eigenvalue weighted by Crippen LogP contribution is 2.29. The van der Waals surface area contributed by atoms with E-state index in [1.807, 2.05) is 0 Å². The largest absolute Gasteiger partial charge is 0.478 e. The number of nitrogens with zero attached hydrogens (tertiary/aromatic N) is 1. The van der Waals surface area contributed by atoms with Crippen molar-refractivity contribution in [3.8, 4) is 5.75 Å². The van der Waals surface area contributed by atoms with Gasteiger partial charge in [-0.1, -0.05) is 0 Å². The number of aliphatic hydroxyl groups is 1. The third kappa shape index (κ3) is 2.51. The monoisotopic (exact) mass is 243 g/mol. The predicted octanol–water partition coefficient (Wildman–Crippen LogP) is 0.872. The summed E-state index contributed by atoms with van der Waals surface area (Å²) < 4.78 is 23.1. The van der Waals surface area contributed by atoms with E-state index in [4.69, 9.17) is 9.47 Å². The van der Waals surface area contributed by atoms with Crippen molar-refractivity contribution in [3.05, 3.63) is 34.1 Å². The van der Waals surface area contributed by atoms with E-state index >= 15 is 0 Å². The van der Waals surface area contributed by atoms with Gasteiger partial charge in [-0.05, 0) is 6.07 Å². The maximum atomic E-state index is 13.0. The van der Waals surface area contributed by atoms with Crippen LogP contribution in [-0.2, 0) is 4.74 Å².